The van der Waals surface area contributed by atoms with Crippen molar-refractivity contribution in [1.29, 1.82) is 0 Å². The Morgan fingerprint density at radius 3 is 2.09 bits per heavy atom. The predicted octanol–water partition coefficient (Wildman–Crippen LogP) is 7.71. The summed E-state index contributed by atoms with van der Waals surface area (Å²) in [6.45, 7) is 5.06. The molecule has 4 aromatic rings. The Morgan fingerprint density at radius 2 is 1.46 bits per heavy atom. The molecular weight excluding hydrogens is 665 g/mol. The minimum Gasteiger partial charge on any atom is -0.352 e. The van der Waals surface area contributed by atoms with Crippen LogP contribution in [0.3, 0.4) is 0 Å². The van der Waals surface area contributed by atoms with Gasteiger partial charge in [-0.3, -0.25) is 13.9 Å². The van der Waals surface area contributed by atoms with Crippen LogP contribution >= 0.6 is 34.8 Å². The van der Waals surface area contributed by atoms with E-state index in [1.807, 2.05) is 51.1 Å². The Balaban J connectivity index is 1.83. The molecule has 2 amide bonds. The average Bonchev–Trinajstić information content (AvgIpc) is 3.04. The summed E-state index contributed by atoms with van der Waals surface area (Å²) in [6.07, 6.45) is 0.885. The Kier molecular flexibility index (Phi) is 12.1. The lowest BCUT2D eigenvalue weighted by Crippen LogP contribution is -2.54. The SMILES string of the molecule is CC[C@H](C)NC(=O)[C@H](Cc1ccccc1)N(Cc1ccc(Cl)cc1)C(=O)CN(c1cc(Cl)ccc1Cl)S(=O)(=O)c1ccc(C)cc1. The normalized spacial score (nSPS) is 12.7. The highest BCUT2D eigenvalue weighted by molar-refractivity contribution is 7.92. The second kappa shape index (κ2) is 15.8. The van der Waals surface area contributed by atoms with Crippen LogP contribution < -0.4 is 9.62 Å². The zero-order valence-corrected chi connectivity index (χ0v) is 28.9. The van der Waals surface area contributed by atoms with Crippen LogP contribution in [0.5, 0.6) is 0 Å². The number of hydrogen-bond acceptors (Lipinski definition) is 4. The van der Waals surface area contributed by atoms with Gasteiger partial charge in [-0.1, -0.05) is 102 Å². The van der Waals surface area contributed by atoms with Gasteiger partial charge in [-0.2, -0.15) is 0 Å². The van der Waals surface area contributed by atoms with Gasteiger partial charge in [0.2, 0.25) is 11.8 Å². The van der Waals surface area contributed by atoms with Crippen molar-refractivity contribution in [2.45, 2.75) is 57.1 Å². The third kappa shape index (κ3) is 9.04. The van der Waals surface area contributed by atoms with E-state index in [0.717, 1.165) is 15.4 Å². The number of benzene rings is 4. The summed E-state index contributed by atoms with van der Waals surface area (Å²) < 4.78 is 29.4. The molecule has 4 rings (SSSR count). The fraction of sp³-hybridized carbons (Fsp3) is 0.257. The van der Waals surface area contributed by atoms with Crippen LogP contribution in [0.4, 0.5) is 5.69 Å². The van der Waals surface area contributed by atoms with Crippen molar-refractivity contribution in [3.63, 3.8) is 0 Å². The minimum absolute atomic E-state index is 0.0170. The first kappa shape index (κ1) is 35.3. The summed E-state index contributed by atoms with van der Waals surface area (Å²) in [7, 11) is -4.32. The number of amides is 2. The summed E-state index contributed by atoms with van der Waals surface area (Å²) in [6, 6.07) is 25.9. The number of hydrogen-bond donors (Lipinski definition) is 1. The minimum atomic E-state index is -4.32. The summed E-state index contributed by atoms with van der Waals surface area (Å²) in [4.78, 5) is 29.9. The molecule has 7 nitrogen and oxygen atoms in total. The summed E-state index contributed by atoms with van der Waals surface area (Å²) in [5, 5.41) is 3.87. The zero-order chi connectivity index (χ0) is 33.4. The van der Waals surface area contributed by atoms with Gasteiger partial charge in [0.25, 0.3) is 10.0 Å². The number of halogens is 3. The number of aryl methyl sites for hydroxylation is 1. The second-order valence-corrected chi connectivity index (χ2v) is 14.2. The number of rotatable bonds is 13. The van der Waals surface area contributed by atoms with Crippen LogP contribution in [0.1, 0.15) is 37.0 Å². The topological polar surface area (TPSA) is 86.8 Å². The van der Waals surface area contributed by atoms with Crippen molar-refractivity contribution in [2.24, 2.45) is 0 Å². The van der Waals surface area contributed by atoms with E-state index < -0.39 is 28.5 Å². The molecule has 0 aliphatic rings. The molecule has 0 aliphatic heterocycles. The third-order valence-corrected chi connectivity index (χ3v) is 10.2. The first-order chi connectivity index (χ1) is 21.9. The summed E-state index contributed by atoms with van der Waals surface area (Å²) >= 11 is 19.0. The average molecular weight is 701 g/mol. The van der Waals surface area contributed by atoms with E-state index >= 15 is 0 Å². The van der Waals surface area contributed by atoms with Gasteiger partial charge in [-0.25, -0.2) is 8.42 Å². The number of carbonyl (C=O) groups is 2. The van der Waals surface area contributed by atoms with E-state index in [2.05, 4.69) is 5.32 Å². The Hall–Kier alpha value is -3.56. The van der Waals surface area contributed by atoms with Gasteiger partial charge in [0.1, 0.15) is 12.6 Å². The van der Waals surface area contributed by atoms with Gasteiger partial charge in [0.05, 0.1) is 15.6 Å². The molecule has 242 valence electrons. The van der Waals surface area contributed by atoms with Crippen LogP contribution in [0, 0.1) is 6.92 Å². The highest BCUT2D eigenvalue weighted by Crippen LogP contribution is 2.33. The maximum Gasteiger partial charge on any atom is 0.264 e. The molecule has 0 spiro atoms. The fourth-order valence-electron chi connectivity index (χ4n) is 4.81. The fourth-order valence-corrected chi connectivity index (χ4v) is 6.80. The van der Waals surface area contributed by atoms with Crippen LogP contribution in [0.2, 0.25) is 15.1 Å². The molecule has 0 fully saturated rings. The monoisotopic (exact) mass is 699 g/mol. The second-order valence-electron chi connectivity index (χ2n) is 11.1. The Morgan fingerprint density at radius 1 is 0.826 bits per heavy atom. The molecule has 11 heteroatoms. The molecule has 46 heavy (non-hydrogen) atoms. The van der Waals surface area contributed by atoms with E-state index in [-0.39, 0.29) is 45.5 Å². The largest absolute Gasteiger partial charge is 0.352 e. The quantitative estimate of drug-likeness (QED) is 0.155. The molecule has 2 atom stereocenters. The van der Waals surface area contributed by atoms with Crippen molar-refractivity contribution in [3.8, 4) is 0 Å². The van der Waals surface area contributed by atoms with Crippen LogP contribution in [-0.2, 0) is 32.6 Å². The first-order valence-corrected chi connectivity index (χ1v) is 17.4. The van der Waals surface area contributed by atoms with Crippen molar-refractivity contribution < 1.29 is 18.0 Å². The van der Waals surface area contributed by atoms with Gasteiger partial charge in [0.15, 0.2) is 0 Å². The van der Waals surface area contributed by atoms with Crippen LogP contribution in [0.25, 0.3) is 0 Å². The number of carbonyl (C=O) groups excluding carboxylic acids is 2. The molecule has 0 aromatic heterocycles. The van der Waals surface area contributed by atoms with E-state index in [1.165, 1.54) is 35.2 Å². The van der Waals surface area contributed by atoms with Crippen molar-refractivity contribution in [2.75, 3.05) is 10.8 Å². The lowest BCUT2D eigenvalue weighted by atomic mass is 10.0. The zero-order valence-electron chi connectivity index (χ0n) is 25.8. The molecule has 0 heterocycles. The van der Waals surface area contributed by atoms with E-state index in [4.69, 9.17) is 34.8 Å². The van der Waals surface area contributed by atoms with Gasteiger partial charge in [-0.15, -0.1) is 0 Å². The third-order valence-electron chi connectivity index (χ3n) is 7.60. The lowest BCUT2D eigenvalue weighted by molar-refractivity contribution is -0.140. The maximum absolute atomic E-state index is 14.6. The Labute approximate surface area is 286 Å². The van der Waals surface area contributed by atoms with E-state index in [9.17, 15) is 18.0 Å². The molecular formula is C35H36Cl3N3O4S. The van der Waals surface area contributed by atoms with Crippen LogP contribution in [0.15, 0.2) is 102 Å². The smallest absolute Gasteiger partial charge is 0.264 e. The van der Waals surface area contributed by atoms with Crippen molar-refractivity contribution in [3.05, 3.63) is 129 Å². The maximum atomic E-state index is 14.6. The van der Waals surface area contributed by atoms with Crippen molar-refractivity contribution in [1.82, 2.24) is 10.2 Å². The number of anilines is 1. The van der Waals surface area contributed by atoms with Gasteiger partial charge in [-0.05, 0) is 73.9 Å². The molecule has 0 unspecified atom stereocenters. The molecule has 0 bridgehead atoms. The van der Waals surface area contributed by atoms with Crippen molar-refractivity contribution >= 4 is 62.3 Å². The Bertz CT molecular complexity index is 1750. The predicted molar refractivity (Wildman–Crippen MR) is 186 cm³/mol. The van der Waals surface area contributed by atoms with Gasteiger partial charge in [0, 0.05) is 29.1 Å². The lowest BCUT2D eigenvalue weighted by Gasteiger charge is -2.34. The summed E-state index contributed by atoms with van der Waals surface area (Å²) in [5.41, 5.74) is 2.45. The van der Waals surface area contributed by atoms with Gasteiger partial charge >= 0.3 is 0 Å². The van der Waals surface area contributed by atoms with Gasteiger partial charge < -0.3 is 10.2 Å². The summed E-state index contributed by atoms with van der Waals surface area (Å²) in [5.74, 6) is -0.962. The first-order valence-electron chi connectivity index (χ1n) is 14.8. The van der Waals surface area contributed by atoms with Crippen LogP contribution in [-0.4, -0.2) is 43.8 Å². The molecule has 0 radical (unpaired) electrons. The molecule has 0 aliphatic carbocycles. The number of nitrogens with zero attached hydrogens (tertiary/aromatic N) is 2. The van der Waals surface area contributed by atoms with E-state index in [1.54, 1.807) is 36.4 Å². The van der Waals surface area contributed by atoms with E-state index in [0.29, 0.717) is 17.0 Å². The molecule has 4 aromatic carbocycles. The standard InChI is InChI=1S/C35H36Cl3N3O4S/c1-4-25(3)39-35(43)33(20-26-8-6-5-7-9-26)40(22-27-12-14-28(36)15-13-27)34(42)23-41(32-21-29(37)16-19-31(32)38)46(44,45)30-17-10-24(2)11-18-30/h5-19,21,25,33H,4,20,22-23H2,1-3H3,(H,39,43)/t25-,33-/m0/s1. The number of nitrogens with one attached hydrogen (secondary N) is 1. The molecule has 1 N–H and O–H groups in total. The molecule has 0 saturated carbocycles. The number of sulfonamides is 1. The highest BCUT2D eigenvalue weighted by atomic mass is 35.5. The highest BCUT2D eigenvalue weighted by Gasteiger charge is 2.35. The molecule has 0 saturated heterocycles.